The number of aryl methyl sites for hydroxylation is 2. The van der Waals surface area contributed by atoms with Crippen LogP contribution in [0.5, 0.6) is 5.75 Å². The van der Waals surface area contributed by atoms with Crippen molar-refractivity contribution in [3.63, 3.8) is 0 Å². The Bertz CT molecular complexity index is 1360. The molecule has 4 aliphatic rings. The summed E-state index contributed by atoms with van der Waals surface area (Å²) in [6.07, 6.45) is 10.0. The van der Waals surface area contributed by atoms with Crippen LogP contribution in [0.1, 0.15) is 77.0 Å². The minimum Gasteiger partial charge on any atom is -0.494 e. The number of aromatic amines is 1. The fourth-order valence-corrected chi connectivity index (χ4v) is 7.94. The van der Waals surface area contributed by atoms with E-state index in [-0.39, 0.29) is 17.2 Å². The Labute approximate surface area is 223 Å². The first-order valence-corrected chi connectivity index (χ1v) is 13.7. The molecule has 3 N–H and O–H groups in total. The van der Waals surface area contributed by atoms with Gasteiger partial charge in [0.15, 0.2) is 5.75 Å². The molecule has 2 aromatic carbocycles. The molecule has 0 unspecified atom stereocenters. The molecule has 3 aromatic rings. The topological polar surface area (TPSA) is 104 Å². The van der Waals surface area contributed by atoms with Crippen molar-refractivity contribution in [2.24, 2.45) is 23.2 Å². The number of nitrogens with zero attached hydrogens (tertiary/aromatic N) is 1. The Morgan fingerprint density at radius 1 is 1.05 bits per heavy atom. The van der Waals surface area contributed by atoms with Gasteiger partial charge in [-0.2, -0.15) is 0 Å². The Hall–Kier alpha value is -3.61. The van der Waals surface area contributed by atoms with E-state index in [4.69, 9.17) is 9.72 Å². The second-order valence-corrected chi connectivity index (χ2v) is 11.8. The molecule has 38 heavy (non-hydrogen) atoms. The number of para-hydroxylation sites is 1. The first-order chi connectivity index (χ1) is 18.3. The number of amides is 1. The number of carboxylic acids is 1. The zero-order valence-corrected chi connectivity index (χ0v) is 22.0. The van der Waals surface area contributed by atoms with Crippen LogP contribution in [0.4, 0.5) is 5.69 Å². The summed E-state index contributed by atoms with van der Waals surface area (Å²) in [5.41, 5.74) is 3.93. The lowest BCUT2D eigenvalue weighted by Crippen LogP contribution is -2.46. The van der Waals surface area contributed by atoms with E-state index in [1.165, 1.54) is 51.7 Å². The van der Waals surface area contributed by atoms with Crippen molar-refractivity contribution in [2.45, 2.75) is 58.3 Å². The van der Waals surface area contributed by atoms with Crippen LogP contribution in [0.2, 0.25) is 0 Å². The molecule has 1 heterocycles. The molecule has 7 rings (SSSR count). The SMILES string of the molecule is COc1c(NC(=O)c2nc(-c3ccccc3C)[nH]c2CCC23CC4CC(CC(C4)C2)C3)cccc1C(=O)O. The summed E-state index contributed by atoms with van der Waals surface area (Å²) < 4.78 is 5.36. The summed E-state index contributed by atoms with van der Waals surface area (Å²) in [6, 6.07) is 12.7. The number of carboxylic acid groups (broad SMARTS) is 1. The lowest BCUT2D eigenvalue weighted by molar-refractivity contribution is -0.0570. The maximum Gasteiger partial charge on any atom is 0.339 e. The fourth-order valence-electron chi connectivity index (χ4n) is 7.94. The molecule has 198 valence electrons. The molecule has 1 amide bonds. The number of aromatic carboxylic acids is 1. The summed E-state index contributed by atoms with van der Waals surface area (Å²) in [6.45, 7) is 2.04. The predicted octanol–water partition coefficient (Wildman–Crippen LogP) is 6.49. The summed E-state index contributed by atoms with van der Waals surface area (Å²) in [4.78, 5) is 33.6. The second-order valence-electron chi connectivity index (χ2n) is 11.8. The number of carbonyl (C=O) groups is 2. The zero-order valence-electron chi connectivity index (χ0n) is 22.0. The average Bonchev–Trinajstić information content (AvgIpc) is 3.31. The number of hydrogen-bond donors (Lipinski definition) is 3. The van der Waals surface area contributed by atoms with E-state index >= 15 is 0 Å². The molecule has 0 radical (unpaired) electrons. The van der Waals surface area contributed by atoms with Gasteiger partial charge in [-0.15, -0.1) is 0 Å². The van der Waals surface area contributed by atoms with E-state index in [0.717, 1.165) is 47.4 Å². The number of benzene rings is 2. The smallest absolute Gasteiger partial charge is 0.339 e. The van der Waals surface area contributed by atoms with Gasteiger partial charge in [-0.3, -0.25) is 4.79 Å². The zero-order chi connectivity index (χ0) is 26.4. The molecular formula is C31H35N3O4. The maximum atomic E-state index is 13.6. The number of ether oxygens (including phenoxy) is 1. The molecule has 4 aliphatic carbocycles. The fraction of sp³-hybridized carbons (Fsp3) is 0.452. The van der Waals surface area contributed by atoms with Gasteiger partial charge >= 0.3 is 5.97 Å². The Morgan fingerprint density at radius 3 is 2.37 bits per heavy atom. The molecule has 7 heteroatoms. The van der Waals surface area contributed by atoms with E-state index in [2.05, 4.69) is 10.3 Å². The molecule has 4 fully saturated rings. The highest BCUT2D eigenvalue weighted by atomic mass is 16.5. The van der Waals surface area contributed by atoms with Crippen LogP contribution >= 0.6 is 0 Å². The van der Waals surface area contributed by atoms with E-state index < -0.39 is 5.97 Å². The van der Waals surface area contributed by atoms with Gasteiger partial charge in [0.1, 0.15) is 17.1 Å². The number of hydrogen-bond acceptors (Lipinski definition) is 4. The number of H-pyrrole nitrogens is 1. The quantitative estimate of drug-likeness (QED) is 0.319. The molecule has 0 spiro atoms. The minimum absolute atomic E-state index is 0.00466. The monoisotopic (exact) mass is 513 g/mol. The molecule has 0 aliphatic heterocycles. The predicted molar refractivity (Wildman–Crippen MR) is 146 cm³/mol. The van der Waals surface area contributed by atoms with Crippen molar-refractivity contribution in [2.75, 3.05) is 12.4 Å². The van der Waals surface area contributed by atoms with Gasteiger partial charge in [-0.05, 0) is 99.2 Å². The van der Waals surface area contributed by atoms with Gasteiger partial charge in [0.05, 0.1) is 12.8 Å². The third kappa shape index (κ3) is 4.48. The molecule has 1 aromatic heterocycles. The lowest BCUT2D eigenvalue weighted by atomic mass is 9.48. The van der Waals surface area contributed by atoms with Crippen molar-refractivity contribution in [3.05, 3.63) is 65.0 Å². The van der Waals surface area contributed by atoms with Gasteiger partial charge in [-0.1, -0.05) is 30.3 Å². The molecule has 7 nitrogen and oxygen atoms in total. The Kier molecular flexibility index (Phi) is 6.25. The van der Waals surface area contributed by atoms with Gasteiger partial charge in [-0.25, -0.2) is 9.78 Å². The van der Waals surface area contributed by atoms with Crippen LogP contribution in [0, 0.1) is 30.1 Å². The number of methoxy groups -OCH3 is 1. The van der Waals surface area contributed by atoms with Crippen LogP contribution < -0.4 is 10.1 Å². The van der Waals surface area contributed by atoms with Crippen molar-refractivity contribution in [3.8, 4) is 17.1 Å². The van der Waals surface area contributed by atoms with E-state index in [1.54, 1.807) is 12.1 Å². The van der Waals surface area contributed by atoms with E-state index in [1.807, 2.05) is 31.2 Å². The van der Waals surface area contributed by atoms with E-state index in [9.17, 15) is 14.7 Å². The summed E-state index contributed by atoms with van der Waals surface area (Å²) >= 11 is 0. The summed E-state index contributed by atoms with van der Waals surface area (Å²) in [7, 11) is 1.40. The van der Waals surface area contributed by atoms with Crippen LogP contribution in [0.3, 0.4) is 0 Å². The number of imidazole rings is 1. The Balaban J connectivity index is 1.31. The van der Waals surface area contributed by atoms with Crippen LogP contribution in [0.25, 0.3) is 11.4 Å². The molecule has 4 bridgehead atoms. The molecular weight excluding hydrogens is 478 g/mol. The molecule has 0 saturated heterocycles. The minimum atomic E-state index is -1.11. The molecule has 0 atom stereocenters. The average molecular weight is 514 g/mol. The van der Waals surface area contributed by atoms with Crippen molar-refractivity contribution < 1.29 is 19.4 Å². The van der Waals surface area contributed by atoms with E-state index in [0.29, 0.717) is 22.6 Å². The highest BCUT2D eigenvalue weighted by Crippen LogP contribution is 2.61. The van der Waals surface area contributed by atoms with Crippen molar-refractivity contribution in [1.29, 1.82) is 0 Å². The normalized spacial score (nSPS) is 25.4. The van der Waals surface area contributed by atoms with Gasteiger partial charge in [0.25, 0.3) is 5.91 Å². The van der Waals surface area contributed by atoms with Gasteiger partial charge in [0, 0.05) is 11.3 Å². The highest BCUT2D eigenvalue weighted by molar-refractivity contribution is 6.06. The first-order valence-electron chi connectivity index (χ1n) is 13.7. The number of carbonyl (C=O) groups excluding carboxylic acids is 1. The van der Waals surface area contributed by atoms with Crippen LogP contribution in [-0.2, 0) is 6.42 Å². The third-order valence-corrected chi connectivity index (χ3v) is 9.16. The number of aromatic nitrogens is 2. The Morgan fingerprint density at radius 2 is 1.74 bits per heavy atom. The first kappa shape index (κ1) is 24.7. The van der Waals surface area contributed by atoms with Crippen LogP contribution in [-0.4, -0.2) is 34.1 Å². The third-order valence-electron chi connectivity index (χ3n) is 9.16. The maximum absolute atomic E-state index is 13.6. The second kappa shape index (κ2) is 9.61. The largest absolute Gasteiger partial charge is 0.494 e. The van der Waals surface area contributed by atoms with Crippen molar-refractivity contribution in [1.82, 2.24) is 9.97 Å². The molecule has 4 saturated carbocycles. The summed E-state index contributed by atoms with van der Waals surface area (Å²) in [5, 5.41) is 12.4. The highest BCUT2D eigenvalue weighted by Gasteiger charge is 2.50. The lowest BCUT2D eigenvalue weighted by Gasteiger charge is -2.57. The van der Waals surface area contributed by atoms with Crippen molar-refractivity contribution >= 4 is 17.6 Å². The van der Waals surface area contributed by atoms with Gasteiger partial charge < -0.3 is 20.1 Å². The van der Waals surface area contributed by atoms with Crippen LogP contribution in [0.15, 0.2) is 42.5 Å². The standard InChI is InChI=1S/C31H35N3O4/c1-18-6-3-4-7-22(18)28-32-24(10-11-31-15-19-12-20(16-31)14-21(13-19)17-31)26(34-28)29(35)33-25-9-5-8-23(30(36)37)27(25)38-2/h3-9,19-21H,10-17H2,1-2H3,(H,32,34)(H,33,35)(H,36,37). The van der Waals surface area contributed by atoms with Gasteiger partial charge in [0.2, 0.25) is 0 Å². The summed E-state index contributed by atoms with van der Waals surface area (Å²) in [5.74, 6) is 1.95. The number of anilines is 1. The number of nitrogens with one attached hydrogen (secondary N) is 2. The number of rotatable bonds is 8.